The Kier molecular flexibility index (Phi) is 6.86. The van der Waals surface area contributed by atoms with Gasteiger partial charge in [-0.1, -0.05) is 12.5 Å². The molecule has 11 heteroatoms. The summed E-state index contributed by atoms with van der Waals surface area (Å²) in [6.45, 7) is 3.89. The van der Waals surface area contributed by atoms with E-state index in [9.17, 15) is 26.4 Å². The molecule has 0 radical (unpaired) electrons. The van der Waals surface area contributed by atoms with Crippen LogP contribution < -0.4 is 4.90 Å². The molecule has 2 aliphatic heterocycles. The number of sulfonamides is 1. The lowest BCUT2D eigenvalue weighted by Crippen LogP contribution is -2.49. The van der Waals surface area contributed by atoms with Crippen molar-refractivity contribution in [3.8, 4) is 0 Å². The molecule has 2 aliphatic rings. The smallest absolute Gasteiger partial charge is 0.353 e. The van der Waals surface area contributed by atoms with E-state index in [1.165, 1.54) is 22.5 Å². The van der Waals surface area contributed by atoms with Gasteiger partial charge in [-0.2, -0.15) is 17.5 Å². The Labute approximate surface area is 197 Å². The van der Waals surface area contributed by atoms with Gasteiger partial charge in [0.15, 0.2) is 0 Å². The van der Waals surface area contributed by atoms with Crippen molar-refractivity contribution in [3.63, 3.8) is 0 Å². The van der Waals surface area contributed by atoms with Crippen LogP contribution in [-0.4, -0.2) is 67.3 Å². The second-order valence-electron chi connectivity index (χ2n) is 8.67. The molecule has 3 heterocycles. The van der Waals surface area contributed by atoms with Crippen LogP contribution in [0, 0.1) is 0 Å². The van der Waals surface area contributed by atoms with Crippen molar-refractivity contribution in [3.05, 3.63) is 53.7 Å². The van der Waals surface area contributed by atoms with Gasteiger partial charge in [0.25, 0.3) is 5.91 Å². The monoisotopic (exact) mass is 496 g/mol. The SMILES string of the molecule is CC1CCCCN1S(=O)(=O)c1cccc(C(=O)N2CCN(c3ccc(C(F)(F)F)cn3)CC2)c1. The van der Waals surface area contributed by atoms with Crippen LogP contribution in [0.15, 0.2) is 47.5 Å². The number of piperidine rings is 1. The highest BCUT2D eigenvalue weighted by atomic mass is 32.2. The fourth-order valence-electron chi connectivity index (χ4n) is 4.42. The molecule has 0 saturated carbocycles. The van der Waals surface area contributed by atoms with Gasteiger partial charge in [-0.3, -0.25) is 4.79 Å². The van der Waals surface area contributed by atoms with Gasteiger partial charge in [0, 0.05) is 50.5 Å². The molecule has 2 aromatic rings. The number of rotatable bonds is 4. The van der Waals surface area contributed by atoms with E-state index in [-0.39, 0.29) is 16.8 Å². The molecular weight excluding hydrogens is 469 g/mol. The normalized spacial score (nSPS) is 20.4. The molecular formula is C23H27F3N4O3S. The lowest BCUT2D eigenvalue weighted by molar-refractivity contribution is -0.137. The minimum atomic E-state index is -4.44. The summed E-state index contributed by atoms with van der Waals surface area (Å²) in [6.07, 6.45) is -0.997. The van der Waals surface area contributed by atoms with Crippen LogP contribution in [0.2, 0.25) is 0 Å². The highest BCUT2D eigenvalue weighted by molar-refractivity contribution is 7.89. The number of nitrogens with zero attached hydrogens (tertiary/aromatic N) is 4. The second-order valence-corrected chi connectivity index (χ2v) is 10.6. The van der Waals surface area contributed by atoms with E-state index in [0.717, 1.165) is 31.5 Å². The van der Waals surface area contributed by atoms with E-state index in [1.54, 1.807) is 17.0 Å². The van der Waals surface area contributed by atoms with Crippen LogP contribution in [0.1, 0.15) is 42.1 Å². The third-order valence-electron chi connectivity index (χ3n) is 6.40. The van der Waals surface area contributed by atoms with Gasteiger partial charge in [0.1, 0.15) is 5.82 Å². The van der Waals surface area contributed by atoms with Gasteiger partial charge in [0.05, 0.1) is 10.5 Å². The average Bonchev–Trinajstić information content (AvgIpc) is 2.83. The number of amides is 1. The lowest BCUT2D eigenvalue weighted by atomic mass is 10.1. The van der Waals surface area contributed by atoms with E-state index in [2.05, 4.69) is 4.98 Å². The summed E-state index contributed by atoms with van der Waals surface area (Å²) in [6, 6.07) is 8.38. The topological polar surface area (TPSA) is 73.8 Å². The Balaban J connectivity index is 1.43. The zero-order chi connectivity index (χ0) is 24.5. The highest BCUT2D eigenvalue weighted by Gasteiger charge is 2.33. The molecule has 0 bridgehead atoms. The molecule has 0 aliphatic carbocycles. The maximum Gasteiger partial charge on any atom is 0.417 e. The molecule has 34 heavy (non-hydrogen) atoms. The number of benzene rings is 1. The van der Waals surface area contributed by atoms with Crippen molar-refractivity contribution < 1.29 is 26.4 Å². The molecule has 1 unspecified atom stereocenters. The zero-order valence-corrected chi connectivity index (χ0v) is 19.6. The first kappa shape index (κ1) is 24.5. The summed E-state index contributed by atoms with van der Waals surface area (Å²) in [7, 11) is -3.69. The van der Waals surface area contributed by atoms with Crippen LogP contribution in [-0.2, 0) is 16.2 Å². The van der Waals surface area contributed by atoms with Crippen molar-refractivity contribution in [2.24, 2.45) is 0 Å². The Hall–Kier alpha value is -2.66. The standard InChI is InChI=1S/C23H27F3N4O3S/c1-17-5-2-3-10-30(17)34(32,33)20-7-4-6-18(15-20)22(31)29-13-11-28(12-14-29)21-9-8-19(16-27-21)23(24,25)26/h4,6-9,15-17H,2-3,5,10-14H2,1H3. The average molecular weight is 497 g/mol. The van der Waals surface area contributed by atoms with Crippen LogP contribution in [0.4, 0.5) is 19.0 Å². The first-order valence-electron chi connectivity index (χ1n) is 11.3. The summed E-state index contributed by atoms with van der Waals surface area (Å²) < 4.78 is 66.1. The zero-order valence-electron chi connectivity index (χ0n) is 18.8. The van der Waals surface area contributed by atoms with Crippen molar-refractivity contribution >= 4 is 21.7 Å². The number of alkyl halides is 3. The third-order valence-corrected chi connectivity index (χ3v) is 8.41. The molecule has 1 atom stereocenters. The van der Waals surface area contributed by atoms with Gasteiger partial charge in [-0.15, -0.1) is 0 Å². The van der Waals surface area contributed by atoms with Gasteiger partial charge in [0.2, 0.25) is 10.0 Å². The summed E-state index contributed by atoms with van der Waals surface area (Å²) in [5, 5.41) is 0. The molecule has 1 aromatic carbocycles. The van der Waals surface area contributed by atoms with Crippen LogP contribution in [0.5, 0.6) is 0 Å². The van der Waals surface area contributed by atoms with Gasteiger partial charge >= 0.3 is 6.18 Å². The van der Waals surface area contributed by atoms with Crippen molar-refractivity contribution in [2.45, 2.75) is 43.3 Å². The van der Waals surface area contributed by atoms with Gasteiger partial charge in [-0.05, 0) is 50.1 Å². The number of carbonyl (C=O) groups excluding carboxylic acids is 1. The first-order chi connectivity index (χ1) is 16.1. The minimum absolute atomic E-state index is 0.0787. The second kappa shape index (κ2) is 9.53. The number of hydrogen-bond donors (Lipinski definition) is 0. The summed E-state index contributed by atoms with van der Waals surface area (Å²) in [5.74, 6) is 0.146. The van der Waals surface area contributed by atoms with E-state index in [0.29, 0.717) is 44.1 Å². The fourth-order valence-corrected chi connectivity index (χ4v) is 6.16. The Bertz CT molecular complexity index is 1130. The summed E-state index contributed by atoms with van der Waals surface area (Å²) in [4.78, 5) is 20.5. The minimum Gasteiger partial charge on any atom is -0.353 e. The molecule has 2 fully saturated rings. The lowest BCUT2D eigenvalue weighted by Gasteiger charge is -2.35. The van der Waals surface area contributed by atoms with Crippen LogP contribution in [0.3, 0.4) is 0 Å². The Morgan fingerprint density at radius 3 is 2.38 bits per heavy atom. The molecule has 0 spiro atoms. The highest BCUT2D eigenvalue weighted by Crippen LogP contribution is 2.30. The largest absolute Gasteiger partial charge is 0.417 e. The van der Waals surface area contributed by atoms with Crippen molar-refractivity contribution in [1.29, 1.82) is 0 Å². The molecule has 7 nitrogen and oxygen atoms in total. The number of anilines is 1. The summed E-state index contributed by atoms with van der Waals surface area (Å²) >= 11 is 0. The Morgan fingerprint density at radius 1 is 1.03 bits per heavy atom. The summed E-state index contributed by atoms with van der Waals surface area (Å²) in [5.41, 5.74) is -0.509. The van der Waals surface area contributed by atoms with Gasteiger partial charge < -0.3 is 9.80 Å². The molecule has 1 amide bonds. The number of carbonyl (C=O) groups is 1. The van der Waals surface area contributed by atoms with Crippen molar-refractivity contribution in [2.75, 3.05) is 37.6 Å². The van der Waals surface area contributed by atoms with E-state index in [4.69, 9.17) is 0 Å². The maximum absolute atomic E-state index is 13.2. The molecule has 4 rings (SSSR count). The van der Waals surface area contributed by atoms with Crippen LogP contribution >= 0.6 is 0 Å². The fraction of sp³-hybridized carbons (Fsp3) is 0.478. The number of piperazine rings is 1. The van der Waals surface area contributed by atoms with E-state index in [1.807, 2.05) is 11.8 Å². The van der Waals surface area contributed by atoms with E-state index < -0.39 is 21.8 Å². The first-order valence-corrected chi connectivity index (χ1v) is 12.7. The molecule has 2 saturated heterocycles. The number of hydrogen-bond acceptors (Lipinski definition) is 5. The van der Waals surface area contributed by atoms with Crippen molar-refractivity contribution in [1.82, 2.24) is 14.2 Å². The maximum atomic E-state index is 13.2. The third kappa shape index (κ3) is 5.05. The number of pyridine rings is 1. The quantitative estimate of drug-likeness (QED) is 0.647. The van der Waals surface area contributed by atoms with Crippen LogP contribution in [0.25, 0.3) is 0 Å². The Morgan fingerprint density at radius 2 is 1.76 bits per heavy atom. The number of aromatic nitrogens is 1. The molecule has 184 valence electrons. The molecule has 0 N–H and O–H groups in total. The molecule has 1 aromatic heterocycles. The predicted octanol–water partition coefficient (Wildman–Crippen LogP) is 3.63. The van der Waals surface area contributed by atoms with Gasteiger partial charge in [-0.25, -0.2) is 13.4 Å². The number of halogens is 3. The van der Waals surface area contributed by atoms with E-state index >= 15 is 0 Å². The predicted molar refractivity (Wildman–Crippen MR) is 121 cm³/mol.